The molecule has 1 aromatic carbocycles. The van der Waals surface area contributed by atoms with Gasteiger partial charge in [-0.1, -0.05) is 11.6 Å². The fourth-order valence-electron chi connectivity index (χ4n) is 1.96. The van der Waals surface area contributed by atoms with E-state index in [1.165, 1.54) is 0 Å². The van der Waals surface area contributed by atoms with Gasteiger partial charge in [0.05, 0.1) is 11.0 Å². The van der Waals surface area contributed by atoms with Crippen molar-refractivity contribution in [1.29, 1.82) is 0 Å². The molecule has 0 bridgehead atoms. The van der Waals surface area contributed by atoms with Crippen LogP contribution in [-0.4, -0.2) is 21.5 Å². The molecule has 1 heterocycles. The van der Waals surface area contributed by atoms with E-state index >= 15 is 0 Å². The van der Waals surface area contributed by atoms with Gasteiger partial charge in [-0.15, -0.1) is 0 Å². The van der Waals surface area contributed by atoms with E-state index < -0.39 is 0 Å². The van der Waals surface area contributed by atoms with Gasteiger partial charge in [-0.05, 0) is 44.3 Å². The maximum absolute atomic E-state index is 11.7. The molecule has 0 aliphatic heterocycles. The van der Waals surface area contributed by atoms with Crippen LogP contribution in [0.4, 0.5) is 0 Å². The Morgan fingerprint density at radius 1 is 1.53 bits per heavy atom. The van der Waals surface area contributed by atoms with E-state index in [-0.39, 0.29) is 11.9 Å². The number of fused-ring (bicyclic) bond motifs is 1. The summed E-state index contributed by atoms with van der Waals surface area (Å²) < 4.78 is 2.51. The number of nitrogens with zero attached hydrogens (tertiary/aromatic N) is 1. The predicted octanol–water partition coefficient (Wildman–Crippen LogP) is 3.27. The highest BCUT2D eigenvalue weighted by Gasteiger charge is 2.08. The highest BCUT2D eigenvalue weighted by molar-refractivity contribution is 7.71. The van der Waals surface area contributed by atoms with Crippen LogP contribution >= 0.6 is 23.8 Å². The predicted molar refractivity (Wildman–Crippen MR) is 80.0 cm³/mol. The van der Waals surface area contributed by atoms with Crippen molar-refractivity contribution in [1.82, 2.24) is 14.9 Å². The number of benzene rings is 1. The van der Waals surface area contributed by atoms with Crippen LogP contribution in [0, 0.1) is 4.77 Å². The molecular formula is C13H16ClN3OS. The first-order valence-corrected chi connectivity index (χ1v) is 6.93. The molecule has 2 rings (SSSR count). The van der Waals surface area contributed by atoms with Crippen molar-refractivity contribution in [3.63, 3.8) is 0 Å². The van der Waals surface area contributed by atoms with Gasteiger partial charge in [-0.25, -0.2) is 0 Å². The summed E-state index contributed by atoms with van der Waals surface area (Å²) in [4.78, 5) is 14.8. The molecule has 6 heteroatoms. The molecule has 0 radical (unpaired) electrons. The van der Waals surface area contributed by atoms with Crippen LogP contribution in [0.15, 0.2) is 18.2 Å². The molecule has 2 N–H and O–H groups in total. The van der Waals surface area contributed by atoms with Crippen molar-refractivity contribution in [2.75, 3.05) is 0 Å². The monoisotopic (exact) mass is 297 g/mol. The number of halogens is 1. The van der Waals surface area contributed by atoms with Gasteiger partial charge in [0.1, 0.15) is 0 Å². The summed E-state index contributed by atoms with van der Waals surface area (Å²) in [6.45, 7) is 4.42. The molecule has 0 saturated heterocycles. The summed E-state index contributed by atoms with van der Waals surface area (Å²) in [6.07, 6.45) is 0.395. The number of hydrogen-bond acceptors (Lipinski definition) is 2. The Morgan fingerprint density at radius 3 is 2.95 bits per heavy atom. The van der Waals surface area contributed by atoms with E-state index in [2.05, 4.69) is 10.3 Å². The van der Waals surface area contributed by atoms with Crippen LogP contribution in [-0.2, 0) is 11.3 Å². The quantitative estimate of drug-likeness (QED) is 0.851. The third-order valence-corrected chi connectivity index (χ3v) is 3.31. The molecule has 0 spiro atoms. The average molecular weight is 298 g/mol. The standard InChI is InChI=1S/C13H16ClN3OS/c1-8(2)15-12(18)5-6-17-11-7-9(14)3-4-10(11)16-13(17)19/h3-4,7-8H,5-6H2,1-2H3,(H,15,18)(H,16,19). The number of rotatable bonds is 4. The number of imidazole rings is 1. The largest absolute Gasteiger partial charge is 0.354 e. The van der Waals surface area contributed by atoms with Gasteiger partial charge < -0.3 is 14.9 Å². The van der Waals surface area contributed by atoms with E-state index in [4.69, 9.17) is 23.8 Å². The Kier molecular flexibility index (Phi) is 4.27. The van der Waals surface area contributed by atoms with Crippen molar-refractivity contribution in [2.45, 2.75) is 32.9 Å². The summed E-state index contributed by atoms with van der Waals surface area (Å²) in [7, 11) is 0. The SMILES string of the molecule is CC(C)NC(=O)CCn1c(=S)[nH]c2ccc(Cl)cc21. The number of hydrogen-bond donors (Lipinski definition) is 2. The van der Waals surface area contributed by atoms with Crippen molar-refractivity contribution < 1.29 is 4.79 Å². The van der Waals surface area contributed by atoms with E-state index in [1.807, 2.05) is 36.6 Å². The molecule has 4 nitrogen and oxygen atoms in total. The third-order valence-electron chi connectivity index (χ3n) is 2.75. The first-order chi connectivity index (χ1) is 8.97. The second-order valence-corrected chi connectivity index (χ2v) is 5.54. The second kappa shape index (κ2) is 5.75. The van der Waals surface area contributed by atoms with E-state index in [0.29, 0.717) is 22.8 Å². The molecule has 0 unspecified atom stereocenters. The molecule has 0 fully saturated rings. The normalized spacial score (nSPS) is 11.2. The Bertz CT molecular complexity index is 659. The Morgan fingerprint density at radius 2 is 2.26 bits per heavy atom. The Balaban J connectivity index is 2.21. The number of aromatic amines is 1. The summed E-state index contributed by atoms with van der Waals surface area (Å²) >= 11 is 11.3. The lowest BCUT2D eigenvalue weighted by molar-refractivity contribution is -0.121. The lowest BCUT2D eigenvalue weighted by Gasteiger charge is -2.09. The Hall–Kier alpha value is -1.33. The molecule has 2 aromatic rings. The average Bonchev–Trinajstić information content (AvgIpc) is 2.61. The van der Waals surface area contributed by atoms with Gasteiger partial charge in [0.25, 0.3) is 0 Å². The van der Waals surface area contributed by atoms with Gasteiger partial charge in [-0.3, -0.25) is 4.79 Å². The minimum Gasteiger partial charge on any atom is -0.354 e. The molecule has 1 amide bonds. The summed E-state index contributed by atoms with van der Waals surface area (Å²) in [5.41, 5.74) is 1.86. The zero-order valence-electron chi connectivity index (χ0n) is 10.9. The molecule has 102 valence electrons. The first kappa shape index (κ1) is 14.1. The van der Waals surface area contributed by atoms with Gasteiger partial charge in [0, 0.05) is 24.0 Å². The van der Waals surface area contributed by atoms with E-state index in [0.717, 1.165) is 11.0 Å². The topological polar surface area (TPSA) is 49.8 Å². The molecule has 0 atom stereocenters. The molecular weight excluding hydrogens is 282 g/mol. The van der Waals surface area contributed by atoms with E-state index in [9.17, 15) is 4.79 Å². The maximum Gasteiger partial charge on any atom is 0.221 e. The van der Waals surface area contributed by atoms with Crippen molar-refractivity contribution >= 4 is 40.8 Å². The number of amides is 1. The molecule has 0 aliphatic carbocycles. The number of aromatic nitrogens is 2. The molecule has 19 heavy (non-hydrogen) atoms. The minimum atomic E-state index is 0.0216. The smallest absolute Gasteiger partial charge is 0.221 e. The maximum atomic E-state index is 11.7. The zero-order valence-corrected chi connectivity index (χ0v) is 12.4. The molecule has 0 saturated carbocycles. The van der Waals surface area contributed by atoms with Crippen LogP contribution in [0.3, 0.4) is 0 Å². The summed E-state index contributed by atoms with van der Waals surface area (Å²) in [5, 5.41) is 3.52. The van der Waals surface area contributed by atoms with Crippen LogP contribution in [0.2, 0.25) is 5.02 Å². The third kappa shape index (κ3) is 3.36. The van der Waals surface area contributed by atoms with Gasteiger partial charge >= 0.3 is 0 Å². The second-order valence-electron chi connectivity index (χ2n) is 4.72. The van der Waals surface area contributed by atoms with Crippen LogP contribution in [0.25, 0.3) is 11.0 Å². The number of nitrogens with one attached hydrogen (secondary N) is 2. The zero-order chi connectivity index (χ0) is 14.0. The number of aryl methyl sites for hydroxylation is 1. The highest BCUT2D eigenvalue weighted by atomic mass is 35.5. The highest BCUT2D eigenvalue weighted by Crippen LogP contribution is 2.19. The minimum absolute atomic E-state index is 0.0216. The van der Waals surface area contributed by atoms with Crippen molar-refractivity contribution in [3.05, 3.63) is 28.0 Å². The number of H-pyrrole nitrogens is 1. The lowest BCUT2D eigenvalue weighted by Crippen LogP contribution is -2.30. The number of carbonyl (C=O) groups is 1. The molecule has 0 aliphatic rings. The van der Waals surface area contributed by atoms with Crippen molar-refractivity contribution in [2.24, 2.45) is 0 Å². The summed E-state index contributed by atoms with van der Waals surface area (Å²) in [5.74, 6) is 0.0216. The van der Waals surface area contributed by atoms with Crippen LogP contribution < -0.4 is 5.32 Å². The molecule has 1 aromatic heterocycles. The van der Waals surface area contributed by atoms with Gasteiger partial charge in [-0.2, -0.15) is 0 Å². The van der Waals surface area contributed by atoms with Gasteiger partial charge in [0.15, 0.2) is 4.77 Å². The summed E-state index contributed by atoms with van der Waals surface area (Å²) in [6, 6.07) is 5.70. The lowest BCUT2D eigenvalue weighted by atomic mass is 10.3. The fourth-order valence-corrected chi connectivity index (χ4v) is 2.42. The first-order valence-electron chi connectivity index (χ1n) is 6.15. The van der Waals surface area contributed by atoms with Crippen LogP contribution in [0.5, 0.6) is 0 Å². The van der Waals surface area contributed by atoms with E-state index in [1.54, 1.807) is 0 Å². The Labute approximate surface area is 121 Å². The van der Waals surface area contributed by atoms with Gasteiger partial charge in [0.2, 0.25) is 5.91 Å². The van der Waals surface area contributed by atoms with Crippen LogP contribution in [0.1, 0.15) is 20.3 Å². The fraction of sp³-hybridized carbons (Fsp3) is 0.385. The number of carbonyl (C=O) groups excluding carboxylic acids is 1. The van der Waals surface area contributed by atoms with Crippen molar-refractivity contribution in [3.8, 4) is 0 Å².